The third-order valence-electron chi connectivity index (χ3n) is 7.78. The first-order chi connectivity index (χ1) is 18.2. The minimum atomic E-state index is -4.57. The van der Waals surface area contributed by atoms with Crippen LogP contribution in [0.1, 0.15) is 54.4 Å². The molecule has 2 heterocycles. The molecule has 2 fully saturated rings. The summed E-state index contributed by atoms with van der Waals surface area (Å²) in [6.45, 7) is 1.28. The fraction of sp³-hybridized carbons (Fsp3) is 0.448. The highest BCUT2D eigenvalue weighted by atomic mass is 19.4. The summed E-state index contributed by atoms with van der Waals surface area (Å²) in [5.74, 6) is 0.427. The van der Waals surface area contributed by atoms with Gasteiger partial charge in [0, 0.05) is 31.2 Å². The van der Waals surface area contributed by atoms with Gasteiger partial charge >= 0.3 is 6.18 Å². The average molecular weight is 529 g/mol. The molecule has 1 aliphatic heterocycles. The Morgan fingerprint density at radius 1 is 1.05 bits per heavy atom. The second-order valence-electron chi connectivity index (χ2n) is 10.7. The monoisotopic (exact) mass is 528 g/mol. The van der Waals surface area contributed by atoms with Crippen LogP contribution in [0.2, 0.25) is 0 Å². The van der Waals surface area contributed by atoms with Crippen LogP contribution in [0.4, 0.5) is 17.6 Å². The molecule has 0 radical (unpaired) electrons. The molecule has 1 saturated heterocycles. The van der Waals surface area contributed by atoms with Crippen molar-refractivity contribution < 1.29 is 22.4 Å². The van der Waals surface area contributed by atoms with Crippen LogP contribution in [0, 0.1) is 11.3 Å². The van der Waals surface area contributed by atoms with E-state index >= 15 is 0 Å². The second-order valence-corrected chi connectivity index (χ2v) is 10.7. The number of imidazole rings is 1. The van der Waals surface area contributed by atoms with Crippen LogP contribution < -0.4 is 5.32 Å². The van der Waals surface area contributed by atoms with E-state index in [1.165, 1.54) is 11.6 Å². The zero-order valence-electron chi connectivity index (χ0n) is 21.2. The number of hydrogen-bond acceptors (Lipinski definition) is 3. The summed E-state index contributed by atoms with van der Waals surface area (Å²) in [4.78, 5) is 20.0. The molecule has 3 aromatic rings. The fourth-order valence-electron chi connectivity index (χ4n) is 5.50. The van der Waals surface area contributed by atoms with Crippen molar-refractivity contribution in [1.82, 2.24) is 19.8 Å². The summed E-state index contributed by atoms with van der Waals surface area (Å²) in [6.07, 6.45) is 5.30. The van der Waals surface area contributed by atoms with E-state index in [1.54, 1.807) is 12.5 Å². The van der Waals surface area contributed by atoms with E-state index in [1.807, 2.05) is 22.9 Å². The second kappa shape index (κ2) is 10.9. The van der Waals surface area contributed by atoms with E-state index in [-0.39, 0.29) is 23.6 Å². The molecule has 2 aromatic carbocycles. The quantitative estimate of drug-likeness (QED) is 0.344. The summed E-state index contributed by atoms with van der Waals surface area (Å²) < 4.78 is 54.9. The normalized spacial score (nSPS) is 17.9. The van der Waals surface area contributed by atoms with Crippen molar-refractivity contribution in [3.8, 4) is 5.69 Å². The number of carbonyl (C=O) groups is 1. The van der Waals surface area contributed by atoms with Gasteiger partial charge in [-0.05, 0) is 79.2 Å². The lowest BCUT2D eigenvalue weighted by molar-refractivity contribution is -0.137. The Morgan fingerprint density at radius 2 is 1.82 bits per heavy atom. The van der Waals surface area contributed by atoms with Gasteiger partial charge in [0.1, 0.15) is 6.67 Å². The first-order valence-electron chi connectivity index (χ1n) is 13.1. The number of amides is 1. The lowest BCUT2D eigenvalue weighted by Gasteiger charge is -2.41. The van der Waals surface area contributed by atoms with Gasteiger partial charge in [-0.1, -0.05) is 31.0 Å². The van der Waals surface area contributed by atoms with E-state index in [0.29, 0.717) is 18.8 Å². The van der Waals surface area contributed by atoms with Gasteiger partial charge in [0.15, 0.2) is 0 Å². The van der Waals surface area contributed by atoms with Crippen LogP contribution in [-0.4, -0.2) is 33.4 Å². The van der Waals surface area contributed by atoms with Gasteiger partial charge in [-0.15, -0.1) is 0 Å². The zero-order valence-corrected chi connectivity index (χ0v) is 21.2. The van der Waals surface area contributed by atoms with E-state index in [4.69, 9.17) is 0 Å². The molecular weight excluding hydrogens is 496 g/mol. The summed E-state index contributed by atoms with van der Waals surface area (Å²) >= 11 is 0. The number of benzene rings is 2. The van der Waals surface area contributed by atoms with E-state index in [2.05, 4.69) is 27.3 Å². The summed E-state index contributed by atoms with van der Waals surface area (Å²) in [5, 5.41) is 2.90. The van der Waals surface area contributed by atoms with Crippen molar-refractivity contribution in [3.05, 3.63) is 83.4 Å². The predicted molar refractivity (Wildman–Crippen MR) is 136 cm³/mol. The lowest BCUT2D eigenvalue weighted by Crippen LogP contribution is -2.48. The first-order valence-corrected chi connectivity index (χ1v) is 13.1. The number of nitrogens with zero attached hydrogens (tertiary/aromatic N) is 3. The summed E-state index contributed by atoms with van der Waals surface area (Å²) in [7, 11) is 0. The molecule has 1 N–H and O–H groups in total. The van der Waals surface area contributed by atoms with Crippen LogP contribution in [0.5, 0.6) is 0 Å². The Labute approximate surface area is 219 Å². The topological polar surface area (TPSA) is 50.2 Å². The molecule has 5 rings (SSSR count). The van der Waals surface area contributed by atoms with Crippen LogP contribution in [-0.2, 0) is 30.7 Å². The van der Waals surface area contributed by atoms with Crippen molar-refractivity contribution in [2.24, 2.45) is 11.3 Å². The van der Waals surface area contributed by atoms with Gasteiger partial charge in [0.2, 0.25) is 5.91 Å². The molecule has 0 spiro atoms. The molecule has 2 aliphatic rings. The van der Waals surface area contributed by atoms with Crippen LogP contribution in [0.3, 0.4) is 0 Å². The molecule has 202 valence electrons. The van der Waals surface area contributed by atoms with Crippen molar-refractivity contribution in [1.29, 1.82) is 0 Å². The van der Waals surface area contributed by atoms with Crippen molar-refractivity contribution in [3.63, 3.8) is 0 Å². The number of piperidine rings is 1. The average Bonchev–Trinajstić information content (AvgIpc) is 3.54. The number of carbonyl (C=O) groups excluding carboxylic acids is 1. The number of aromatic nitrogens is 2. The van der Waals surface area contributed by atoms with Crippen LogP contribution in [0.15, 0.2) is 61.2 Å². The molecule has 1 amide bonds. The van der Waals surface area contributed by atoms with Crippen LogP contribution >= 0.6 is 0 Å². The van der Waals surface area contributed by atoms with Gasteiger partial charge in [-0.25, -0.2) is 9.37 Å². The number of rotatable bonds is 9. The maximum absolute atomic E-state index is 13.5. The standard InChI is InChI=1S/C29H32F4N4O/c30-17-23-12-24(14-25(13-23)29(31,32)33)18-35-27(38)28(16-21-4-5-21)6-9-36(10-7-28)19-22-2-1-3-26(15-22)37-11-8-34-20-37/h1-3,8,11-15,20-21H,4-7,9-10,16-19H2,(H,35,38). The number of halogens is 4. The highest BCUT2D eigenvalue weighted by Crippen LogP contribution is 2.46. The zero-order chi connectivity index (χ0) is 26.8. The van der Waals surface area contributed by atoms with Gasteiger partial charge in [0.05, 0.1) is 17.3 Å². The largest absolute Gasteiger partial charge is 0.416 e. The number of hydrogen-bond donors (Lipinski definition) is 1. The molecule has 1 saturated carbocycles. The highest BCUT2D eigenvalue weighted by Gasteiger charge is 2.44. The van der Waals surface area contributed by atoms with Crippen LogP contribution in [0.25, 0.3) is 5.69 Å². The maximum atomic E-state index is 13.5. The molecule has 0 bridgehead atoms. The van der Waals surface area contributed by atoms with Crippen molar-refractivity contribution in [2.75, 3.05) is 13.1 Å². The van der Waals surface area contributed by atoms with E-state index in [0.717, 1.165) is 56.7 Å². The van der Waals surface area contributed by atoms with Gasteiger partial charge < -0.3 is 9.88 Å². The molecular formula is C29H32F4N4O. The molecule has 1 aliphatic carbocycles. The van der Waals surface area contributed by atoms with Gasteiger partial charge in [-0.3, -0.25) is 9.69 Å². The Bertz CT molecular complexity index is 1250. The fourth-order valence-corrected chi connectivity index (χ4v) is 5.50. The van der Waals surface area contributed by atoms with E-state index in [9.17, 15) is 22.4 Å². The first kappa shape index (κ1) is 26.4. The minimum absolute atomic E-state index is 0.0396. The van der Waals surface area contributed by atoms with Crippen molar-refractivity contribution in [2.45, 2.75) is 58.0 Å². The number of nitrogens with one attached hydrogen (secondary N) is 1. The van der Waals surface area contributed by atoms with Crippen molar-refractivity contribution >= 4 is 5.91 Å². The molecule has 1 aromatic heterocycles. The van der Waals surface area contributed by atoms with E-state index < -0.39 is 23.8 Å². The Morgan fingerprint density at radius 3 is 2.47 bits per heavy atom. The Kier molecular flexibility index (Phi) is 7.56. The third-order valence-corrected chi connectivity index (χ3v) is 7.78. The molecule has 5 nitrogen and oxygen atoms in total. The Hall–Kier alpha value is -3.20. The minimum Gasteiger partial charge on any atom is -0.352 e. The summed E-state index contributed by atoms with van der Waals surface area (Å²) in [5.41, 5.74) is 1.03. The molecule has 38 heavy (non-hydrogen) atoms. The molecule has 0 unspecified atom stereocenters. The third kappa shape index (κ3) is 6.26. The Balaban J connectivity index is 1.23. The summed E-state index contributed by atoms with van der Waals surface area (Å²) in [6, 6.07) is 11.5. The lowest BCUT2D eigenvalue weighted by atomic mass is 9.73. The number of alkyl halides is 4. The highest BCUT2D eigenvalue weighted by molar-refractivity contribution is 5.82. The van der Waals surface area contributed by atoms with Gasteiger partial charge in [-0.2, -0.15) is 13.2 Å². The maximum Gasteiger partial charge on any atom is 0.416 e. The van der Waals surface area contributed by atoms with Gasteiger partial charge in [0.25, 0.3) is 0 Å². The molecule has 0 atom stereocenters. The SMILES string of the molecule is O=C(NCc1cc(CF)cc(C(F)(F)F)c1)C1(CC2CC2)CCN(Cc2cccc(-n3ccnc3)c2)CC1. The number of likely N-dealkylation sites (tertiary alicyclic amines) is 1. The molecule has 9 heteroatoms. The predicted octanol–water partition coefficient (Wildman–Crippen LogP) is 6.06. The smallest absolute Gasteiger partial charge is 0.352 e.